The third-order valence-corrected chi connectivity index (χ3v) is 3.90. The summed E-state index contributed by atoms with van der Waals surface area (Å²) in [5, 5.41) is 8.92. The molecule has 0 unspecified atom stereocenters. The fraction of sp³-hybridized carbons (Fsp3) is 0.625. The van der Waals surface area contributed by atoms with Crippen molar-refractivity contribution in [3.05, 3.63) is 35.4 Å². The zero-order valence-corrected chi connectivity index (χ0v) is 12.0. The quantitative estimate of drug-likeness (QED) is 0.842. The van der Waals surface area contributed by atoms with Crippen molar-refractivity contribution in [2.24, 2.45) is 0 Å². The highest BCUT2D eigenvalue weighted by Crippen LogP contribution is 2.08. The number of rotatable bonds is 6. The number of β-amino-alcohol motifs (C(OH)–C–C–N with tert-alkyl or cyclic N) is 1. The van der Waals surface area contributed by atoms with E-state index in [9.17, 15) is 0 Å². The SMILES string of the molecule is Cc1cccc(CCCN2CCN(CCO)CC2)c1. The average molecular weight is 262 g/mol. The van der Waals surface area contributed by atoms with E-state index in [2.05, 4.69) is 41.0 Å². The summed E-state index contributed by atoms with van der Waals surface area (Å²) >= 11 is 0. The third-order valence-electron chi connectivity index (χ3n) is 3.90. The number of nitrogens with zero attached hydrogens (tertiary/aromatic N) is 2. The van der Waals surface area contributed by atoms with Gasteiger partial charge >= 0.3 is 0 Å². The molecule has 0 amide bonds. The molecule has 1 aliphatic heterocycles. The molecule has 106 valence electrons. The number of aliphatic hydroxyl groups excluding tert-OH is 1. The van der Waals surface area contributed by atoms with Crippen LogP contribution in [-0.4, -0.2) is 60.8 Å². The third kappa shape index (κ3) is 4.94. The Bertz CT molecular complexity index is 373. The molecule has 3 heteroatoms. The molecule has 0 bridgehead atoms. The van der Waals surface area contributed by atoms with Crippen LogP contribution in [0.15, 0.2) is 24.3 Å². The topological polar surface area (TPSA) is 26.7 Å². The maximum Gasteiger partial charge on any atom is 0.0558 e. The van der Waals surface area contributed by atoms with Crippen LogP contribution < -0.4 is 0 Å². The molecule has 0 atom stereocenters. The monoisotopic (exact) mass is 262 g/mol. The molecule has 0 aromatic heterocycles. The maximum atomic E-state index is 8.92. The van der Waals surface area contributed by atoms with Gasteiger partial charge in [-0.25, -0.2) is 0 Å². The number of aryl methyl sites for hydroxylation is 2. The first-order valence-electron chi connectivity index (χ1n) is 7.39. The molecular weight excluding hydrogens is 236 g/mol. The predicted molar refractivity (Wildman–Crippen MR) is 79.5 cm³/mol. The Hall–Kier alpha value is -0.900. The largest absolute Gasteiger partial charge is 0.395 e. The second-order valence-electron chi connectivity index (χ2n) is 5.50. The molecule has 0 spiro atoms. The molecule has 1 fully saturated rings. The standard InChI is InChI=1S/C16H26N2O/c1-15-4-2-5-16(14-15)6-3-7-17-8-10-18(11-9-17)12-13-19/h2,4-5,14,19H,3,6-13H2,1H3. The van der Waals surface area contributed by atoms with E-state index in [-0.39, 0.29) is 6.61 Å². The van der Waals surface area contributed by atoms with Crippen LogP contribution in [-0.2, 0) is 6.42 Å². The van der Waals surface area contributed by atoms with Crippen LogP contribution in [0.25, 0.3) is 0 Å². The predicted octanol–water partition coefficient (Wildman–Crippen LogP) is 1.54. The second kappa shape index (κ2) is 7.63. The van der Waals surface area contributed by atoms with Gasteiger partial charge in [0.05, 0.1) is 6.61 Å². The van der Waals surface area contributed by atoms with E-state index in [0.717, 1.165) is 32.7 Å². The lowest BCUT2D eigenvalue weighted by atomic mass is 10.1. The van der Waals surface area contributed by atoms with Gasteiger partial charge in [-0.15, -0.1) is 0 Å². The maximum absolute atomic E-state index is 8.92. The number of benzene rings is 1. The Morgan fingerprint density at radius 3 is 2.37 bits per heavy atom. The summed E-state index contributed by atoms with van der Waals surface area (Å²) in [6.07, 6.45) is 2.42. The van der Waals surface area contributed by atoms with Crippen LogP contribution in [0, 0.1) is 6.92 Å². The summed E-state index contributed by atoms with van der Waals surface area (Å²) in [7, 11) is 0. The van der Waals surface area contributed by atoms with Crippen molar-refractivity contribution in [3.63, 3.8) is 0 Å². The summed E-state index contributed by atoms with van der Waals surface area (Å²) in [5.74, 6) is 0. The van der Waals surface area contributed by atoms with Crippen LogP contribution in [0.3, 0.4) is 0 Å². The van der Waals surface area contributed by atoms with E-state index in [0.29, 0.717) is 0 Å². The number of aliphatic hydroxyl groups is 1. The molecule has 0 aliphatic carbocycles. The Labute approximate surface area is 116 Å². The smallest absolute Gasteiger partial charge is 0.0558 e. The van der Waals surface area contributed by atoms with Crippen molar-refractivity contribution >= 4 is 0 Å². The Balaban J connectivity index is 1.64. The molecule has 1 heterocycles. The van der Waals surface area contributed by atoms with Crippen molar-refractivity contribution in [2.45, 2.75) is 19.8 Å². The molecule has 1 saturated heterocycles. The van der Waals surface area contributed by atoms with E-state index < -0.39 is 0 Å². The van der Waals surface area contributed by atoms with Gasteiger partial charge in [-0.3, -0.25) is 4.90 Å². The lowest BCUT2D eigenvalue weighted by Crippen LogP contribution is -2.47. The molecule has 1 aliphatic rings. The lowest BCUT2D eigenvalue weighted by Gasteiger charge is -2.34. The summed E-state index contributed by atoms with van der Waals surface area (Å²) in [5.41, 5.74) is 2.81. The first-order valence-corrected chi connectivity index (χ1v) is 7.39. The van der Waals surface area contributed by atoms with E-state index in [1.165, 1.54) is 30.5 Å². The highest BCUT2D eigenvalue weighted by Gasteiger charge is 2.15. The Kier molecular flexibility index (Phi) is 5.83. The highest BCUT2D eigenvalue weighted by molar-refractivity contribution is 5.22. The van der Waals surface area contributed by atoms with Crippen molar-refractivity contribution in [1.82, 2.24) is 9.80 Å². The molecule has 2 rings (SSSR count). The van der Waals surface area contributed by atoms with Gasteiger partial charge in [0.2, 0.25) is 0 Å². The highest BCUT2D eigenvalue weighted by atomic mass is 16.3. The Morgan fingerprint density at radius 2 is 1.74 bits per heavy atom. The van der Waals surface area contributed by atoms with Crippen LogP contribution in [0.5, 0.6) is 0 Å². The normalized spacial score (nSPS) is 17.8. The number of hydrogen-bond donors (Lipinski definition) is 1. The molecule has 0 saturated carbocycles. The zero-order valence-electron chi connectivity index (χ0n) is 12.0. The minimum atomic E-state index is 0.285. The molecule has 3 nitrogen and oxygen atoms in total. The van der Waals surface area contributed by atoms with E-state index in [1.807, 2.05) is 0 Å². The second-order valence-corrected chi connectivity index (χ2v) is 5.50. The van der Waals surface area contributed by atoms with Gasteiger partial charge in [-0.1, -0.05) is 29.8 Å². The van der Waals surface area contributed by atoms with Crippen molar-refractivity contribution < 1.29 is 5.11 Å². The van der Waals surface area contributed by atoms with Gasteiger partial charge < -0.3 is 10.0 Å². The molecule has 1 aromatic rings. The van der Waals surface area contributed by atoms with E-state index >= 15 is 0 Å². The fourth-order valence-corrected chi connectivity index (χ4v) is 2.75. The summed E-state index contributed by atoms with van der Waals surface area (Å²) in [6, 6.07) is 8.83. The average Bonchev–Trinajstić information content (AvgIpc) is 2.41. The van der Waals surface area contributed by atoms with Gasteiger partial charge in [0.25, 0.3) is 0 Å². The van der Waals surface area contributed by atoms with E-state index in [4.69, 9.17) is 5.11 Å². The number of piperazine rings is 1. The van der Waals surface area contributed by atoms with Gasteiger partial charge in [-0.05, 0) is 31.9 Å². The zero-order chi connectivity index (χ0) is 13.5. The van der Waals surface area contributed by atoms with Crippen molar-refractivity contribution in [2.75, 3.05) is 45.9 Å². The first-order chi connectivity index (χ1) is 9.28. The number of hydrogen-bond acceptors (Lipinski definition) is 3. The van der Waals surface area contributed by atoms with Crippen LogP contribution >= 0.6 is 0 Å². The molecule has 1 aromatic carbocycles. The van der Waals surface area contributed by atoms with E-state index in [1.54, 1.807) is 0 Å². The Morgan fingerprint density at radius 1 is 1.05 bits per heavy atom. The molecule has 1 N–H and O–H groups in total. The van der Waals surface area contributed by atoms with Gasteiger partial charge in [0.15, 0.2) is 0 Å². The summed E-state index contributed by atoms with van der Waals surface area (Å²) < 4.78 is 0. The molecule has 19 heavy (non-hydrogen) atoms. The van der Waals surface area contributed by atoms with Crippen LogP contribution in [0.2, 0.25) is 0 Å². The van der Waals surface area contributed by atoms with Crippen LogP contribution in [0.4, 0.5) is 0 Å². The van der Waals surface area contributed by atoms with Gasteiger partial charge in [0, 0.05) is 32.7 Å². The summed E-state index contributed by atoms with van der Waals surface area (Å²) in [4.78, 5) is 4.89. The van der Waals surface area contributed by atoms with Crippen molar-refractivity contribution in [1.29, 1.82) is 0 Å². The first kappa shape index (κ1) is 14.5. The van der Waals surface area contributed by atoms with Crippen molar-refractivity contribution in [3.8, 4) is 0 Å². The minimum Gasteiger partial charge on any atom is -0.395 e. The van der Waals surface area contributed by atoms with Gasteiger partial charge in [-0.2, -0.15) is 0 Å². The molecular formula is C16H26N2O. The minimum absolute atomic E-state index is 0.285. The lowest BCUT2D eigenvalue weighted by molar-refractivity contribution is 0.112. The molecule has 0 radical (unpaired) electrons. The van der Waals surface area contributed by atoms with Gasteiger partial charge in [0.1, 0.15) is 0 Å². The summed E-state index contributed by atoms with van der Waals surface area (Å²) in [6.45, 7) is 8.97. The van der Waals surface area contributed by atoms with Crippen LogP contribution in [0.1, 0.15) is 17.5 Å². The fourth-order valence-electron chi connectivity index (χ4n) is 2.75.